The molecule has 0 bridgehead atoms. The average Bonchev–Trinajstić information content (AvgIpc) is 2.74. The molecule has 2 aromatic rings. The largest absolute Gasteiger partial charge is 0.219 e. The van der Waals surface area contributed by atoms with Gasteiger partial charge in [0.05, 0.1) is 0 Å². The normalized spacial score (nSPS) is 9.00. The molecule has 1 heterocycles. The fourth-order valence-corrected chi connectivity index (χ4v) is 1.65. The Morgan fingerprint density at radius 3 is 2.88 bits per heavy atom. The number of hydrogen-bond acceptors (Lipinski definition) is 2. The first-order valence-corrected chi connectivity index (χ1v) is 5.35. The number of halogens is 1. The van der Waals surface area contributed by atoms with Gasteiger partial charge in [-0.05, 0) is 30.0 Å². The van der Waals surface area contributed by atoms with Gasteiger partial charge < -0.3 is 0 Å². The van der Waals surface area contributed by atoms with Gasteiger partial charge in [-0.3, -0.25) is 0 Å². The summed E-state index contributed by atoms with van der Waals surface area (Å²) >= 11 is 1.36. The SMILES string of the molecule is C#Cc1nc(C#Cc2cccc(F)c2)cs1. The molecule has 1 aromatic heterocycles. The Bertz CT molecular complexity index is 611. The summed E-state index contributed by atoms with van der Waals surface area (Å²) < 4.78 is 12.8. The molecule has 76 valence electrons. The summed E-state index contributed by atoms with van der Waals surface area (Å²) in [5.74, 6) is 7.79. The molecule has 0 aliphatic rings. The smallest absolute Gasteiger partial charge is 0.167 e. The number of benzene rings is 1. The zero-order chi connectivity index (χ0) is 11.4. The molecule has 0 N–H and O–H groups in total. The number of nitrogens with zero attached hydrogens (tertiary/aromatic N) is 1. The summed E-state index contributed by atoms with van der Waals surface area (Å²) in [6.45, 7) is 0. The van der Waals surface area contributed by atoms with Gasteiger partial charge >= 0.3 is 0 Å². The summed E-state index contributed by atoms with van der Waals surface area (Å²) in [7, 11) is 0. The van der Waals surface area contributed by atoms with Gasteiger partial charge in [-0.1, -0.05) is 12.0 Å². The molecule has 16 heavy (non-hydrogen) atoms. The Balaban J connectivity index is 2.25. The fraction of sp³-hybridized carbons (Fsp3) is 0. The maximum Gasteiger partial charge on any atom is 0.167 e. The predicted octanol–water partition coefficient (Wildman–Crippen LogP) is 2.66. The molecule has 0 saturated heterocycles. The number of rotatable bonds is 0. The minimum absolute atomic E-state index is 0.297. The van der Waals surface area contributed by atoms with Crippen LogP contribution in [0.15, 0.2) is 29.6 Å². The first kappa shape index (κ1) is 10.4. The van der Waals surface area contributed by atoms with Crippen molar-refractivity contribution < 1.29 is 4.39 Å². The Labute approximate surface area is 97.0 Å². The van der Waals surface area contributed by atoms with E-state index in [1.165, 1.54) is 23.5 Å². The molecule has 0 aliphatic carbocycles. The number of hydrogen-bond donors (Lipinski definition) is 0. The Hall–Kier alpha value is -2.10. The molecule has 1 aromatic carbocycles. The third-order valence-corrected chi connectivity index (χ3v) is 2.56. The van der Waals surface area contributed by atoms with E-state index in [9.17, 15) is 4.39 Å². The second kappa shape index (κ2) is 4.61. The lowest BCUT2D eigenvalue weighted by Gasteiger charge is -1.88. The highest BCUT2D eigenvalue weighted by Gasteiger charge is 1.95. The fourth-order valence-electron chi connectivity index (χ4n) is 1.10. The Morgan fingerprint density at radius 2 is 2.19 bits per heavy atom. The summed E-state index contributed by atoms with van der Waals surface area (Å²) in [6, 6.07) is 6.11. The van der Waals surface area contributed by atoms with Crippen molar-refractivity contribution in [3.8, 4) is 24.2 Å². The first-order chi connectivity index (χ1) is 7.78. The topological polar surface area (TPSA) is 12.9 Å². The zero-order valence-corrected chi connectivity index (χ0v) is 9.01. The highest BCUT2D eigenvalue weighted by Crippen LogP contribution is 2.07. The van der Waals surface area contributed by atoms with E-state index in [0.717, 1.165) is 0 Å². The third kappa shape index (κ3) is 2.48. The van der Waals surface area contributed by atoms with E-state index in [1.54, 1.807) is 17.5 Å². The molecule has 0 unspecified atom stereocenters. The van der Waals surface area contributed by atoms with Crippen LogP contribution in [0.4, 0.5) is 4.39 Å². The minimum atomic E-state index is -0.297. The lowest BCUT2D eigenvalue weighted by molar-refractivity contribution is 0.627. The number of terminal acetylenes is 1. The molecular formula is C13H6FNS. The molecule has 0 amide bonds. The highest BCUT2D eigenvalue weighted by molar-refractivity contribution is 7.10. The summed E-state index contributed by atoms with van der Waals surface area (Å²) in [5, 5.41) is 2.38. The van der Waals surface area contributed by atoms with Crippen molar-refractivity contribution in [3.05, 3.63) is 51.7 Å². The number of aromatic nitrogens is 1. The maximum atomic E-state index is 12.8. The summed E-state index contributed by atoms with van der Waals surface area (Å²) in [5.41, 5.74) is 1.23. The monoisotopic (exact) mass is 227 g/mol. The van der Waals surface area contributed by atoms with Crippen molar-refractivity contribution in [1.82, 2.24) is 4.98 Å². The van der Waals surface area contributed by atoms with Crippen molar-refractivity contribution >= 4 is 11.3 Å². The molecule has 0 saturated carbocycles. The third-order valence-electron chi connectivity index (χ3n) is 1.79. The van der Waals surface area contributed by atoms with Crippen molar-refractivity contribution in [2.24, 2.45) is 0 Å². The van der Waals surface area contributed by atoms with Crippen LogP contribution in [0.1, 0.15) is 16.3 Å². The molecule has 0 fully saturated rings. The van der Waals surface area contributed by atoms with E-state index < -0.39 is 0 Å². The lowest BCUT2D eigenvalue weighted by atomic mass is 10.2. The quantitative estimate of drug-likeness (QED) is 0.630. The maximum absolute atomic E-state index is 12.8. The van der Waals surface area contributed by atoms with Crippen molar-refractivity contribution in [2.45, 2.75) is 0 Å². The van der Waals surface area contributed by atoms with E-state index in [-0.39, 0.29) is 5.82 Å². The van der Waals surface area contributed by atoms with E-state index in [2.05, 4.69) is 22.7 Å². The molecule has 3 heteroatoms. The van der Waals surface area contributed by atoms with Crippen LogP contribution in [-0.2, 0) is 0 Å². The van der Waals surface area contributed by atoms with E-state index in [4.69, 9.17) is 6.42 Å². The van der Waals surface area contributed by atoms with Gasteiger partial charge in [0.15, 0.2) is 5.01 Å². The van der Waals surface area contributed by atoms with Crippen molar-refractivity contribution in [1.29, 1.82) is 0 Å². The van der Waals surface area contributed by atoms with Gasteiger partial charge in [-0.15, -0.1) is 17.8 Å². The van der Waals surface area contributed by atoms with Crippen LogP contribution < -0.4 is 0 Å². The Morgan fingerprint density at radius 1 is 1.31 bits per heavy atom. The molecule has 0 aliphatic heterocycles. The Kier molecular flexibility index (Phi) is 3.00. The van der Waals surface area contributed by atoms with Crippen LogP contribution in [0.3, 0.4) is 0 Å². The molecule has 0 spiro atoms. The second-order valence-electron chi connectivity index (χ2n) is 2.94. The average molecular weight is 227 g/mol. The molecule has 2 rings (SSSR count). The lowest BCUT2D eigenvalue weighted by Crippen LogP contribution is -1.78. The van der Waals surface area contributed by atoms with E-state index in [0.29, 0.717) is 16.3 Å². The van der Waals surface area contributed by atoms with E-state index in [1.807, 2.05) is 0 Å². The molecule has 0 atom stereocenters. The standard InChI is InChI=1S/C13H6FNS/c1-2-13-15-12(9-16-13)7-6-10-4-3-5-11(14)8-10/h1,3-5,8-9H. The van der Waals surface area contributed by atoms with Gasteiger partial charge in [0, 0.05) is 10.9 Å². The van der Waals surface area contributed by atoms with E-state index >= 15 is 0 Å². The van der Waals surface area contributed by atoms with Crippen molar-refractivity contribution in [2.75, 3.05) is 0 Å². The van der Waals surface area contributed by atoms with Gasteiger partial charge in [0.2, 0.25) is 0 Å². The van der Waals surface area contributed by atoms with Gasteiger partial charge in [-0.2, -0.15) is 0 Å². The first-order valence-electron chi connectivity index (χ1n) is 4.47. The second-order valence-corrected chi connectivity index (χ2v) is 3.80. The molecule has 0 radical (unpaired) electrons. The van der Waals surface area contributed by atoms with Crippen LogP contribution in [0.5, 0.6) is 0 Å². The zero-order valence-electron chi connectivity index (χ0n) is 8.20. The van der Waals surface area contributed by atoms with Gasteiger partial charge in [0.25, 0.3) is 0 Å². The summed E-state index contributed by atoms with van der Waals surface area (Å²) in [6.07, 6.45) is 5.19. The number of thiazole rings is 1. The van der Waals surface area contributed by atoms with Crippen LogP contribution in [0.2, 0.25) is 0 Å². The van der Waals surface area contributed by atoms with Gasteiger partial charge in [-0.25, -0.2) is 9.37 Å². The van der Waals surface area contributed by atoms with Crippen LogP contribution in [0.25, 0.3) is 0 Å². The van der Waals surface area contributed by atoms with Crippen LogP contribution >= 0.6 is 11.3 Å². The highest BCUT2D eigenvalue weighted by atomic mass is 32.1. The predicted molar refractivity (Wildman–Crippen MR) is 62.4 cm³/mol. The molecular weight excluding hydrogens is 221 g/mol. The van der Waals surface area contributed by atoms with Crippen LogP contribution in [0, 0.1) is 30.0 Å². The summed E-state index contributed by atoms with van der Waals surface area (Å²) in [4.78, 5) is 4.08. The van der Waals surface area contributed by atoms with Gasteiger partial charge in [0.1, 0.15) is 11.5 Å². The van der Waals surface area contributed by atoms with Crippen molar-refractivity contribution in [3.63, 3.8) is 0 Å². The molecule has 1 nitrogen and oxygen atoms in total. The van der Waals surface area contributed by atoms with Crippen LogP contribution in [-0.4, -0.2) is 4.98 Å². The minimum Gasteiger partial charge on any atom is -0.219 e.